The van der Waals surface area contributed by atoms with Gasteiger partial charge in [0.15, 0.2) is 0 Å². The molecule has 2 nitrogen and oxygen atoms in total. The first-order valence-corrected chi connectivity index (χ1v) is 8.21. The molecule has 1 unspecified atom stereocenters. The van der Waals surface area contributed by atoms with Crippen LogP contribution in [0.1, 0.15) is 38.5 Å². The van der Waals surface area contributed by atoms with Crippen molar-refractivity contribution in [3.63, 3.8) is 0 Å². The van der Waals surface area contributed by atoms with Gasteiger partial charge in [-0.3, -0.25) is 0 Å². The van der Waals surface area contributed by atoms with E-state index in [1.54, 1.807) is 0 Å². The van der Waals surface area contributed by atoms with Crippen LogP contribution in [0.5, 0.6) is 0 Å². The summed E-state index contributed by atoms with van der Waals surface area (Å²) in [6.45, 7) is 0.850. The van der Waals surface area contributed by atoms with Gasteiger partial charge in [-0.25, -0.2) is 0 Å². The van der Waals surface area contributed by atoms with Gasteiger partial charge >= 0.3 is 0 Å². The number of hydrogen-bond donors (Lipinski definition) is 1. The maximum Gasteiger partial charge on any atom is 0.0756 e. The van der Waals surface area contributed by atoms with E-state index in [-0.39, 0.29) is 5.60 Å². The quantitative estimate of drug-likeness (QED) is 0.832. The number of rotatable bonds is 3. The maximum atomic E-state index is 6.28. The van der Waals surface area contributed by atoms with Crippen LogP contribution in [-0.2, 0) is 4.74 Å². The Balaban J connectivity index is 1.55. The molecule has 0 aromatic heterocycles. The molecule has 0 amide bonds. The smallest absolute Gasteiger partial charge is 0.0756 e. The standard InChI is InChI=1S/C15H19BrClNO/c16-11-3-4-14(13(17)9-11)18-10-12-5-8-15(19-12)6-1-2-7-15/h3-4,9,12,18H,1-2,5-8,10H2. The molecule has 2 fully saturated rings. The van der Waals surface area contributed by atoms with Crippen LogP contribution in [0.2, 0.25) is 5.02 Å². The van der Waals surface area contributed by atoms with Crippen LogP contribution in [0, 0.1) is 0 Å². The summed E-state index contributed by atoms with van der Waals surface area (Å²) in [5.41, 5.74) is 1.21. The van der Waals surface area contributed by atoms with Crippen LogP contribution >= 0.6 is 27.5 Å². The van der Waals surface area contributed by atoms with Crippen LogP contribution in [0.4, 0.5) is 5.69 Å². The molecule has 1 saturated heterocycles. The van der Waals surface area contributed by atoms with Gasteiger partial charge in [0.05, 0.1) is 22.4 Å². The molecule has 1 saturated carbocycles. The Kier molecular flexibility index (Phi) is 4.06. The first-order chi connectivity index (χ1) is 9.17. The average molecular weight is 345 g/mol. The van der Waals surface area contributed by atoms with E-state index in [1.807, 2.05) is 18.2 Å². The van der Waals surface area contributed by atoms with Gasteiger partial charge in [-0.15, -0.1) is 0 Å². The van der Waals surface area contributed by atoms with Crippen molar-refractivity contribution in [2.75, 3.05) is 11.9 Å². The Morgan fingerprint density at radius 2 is 2.11 bits per heavy atom. The molecule has 19 heavy (non-hydrogen) atoms. The van der Waals surface area contributed by atoms with Crippen molar-refractivity contribution in [2.45, 2.75) is 50.2 Å². The third kappa shape index (κ3) is 3.09. The van der Waals surface area contributed by atoms with Crippen molar-refractivity contribution in [1.82, 2.24) is 0 Å². The predicted octanol–water partition coefficient (Wildman–Crippen LogP) is 5.01. The molecule has 104 valence electrons. The molecule has 0 radical (unpaired) electrons. The zero-order chi connectivity index (χ0) is 13.3. The van der Waals surface area contributed by atoms with Crippen LogP contribution in [0.25, 0.3) is 0 Å². The molecule has 1 heterocycles. The fourth-order valence-corrected chi connectivity index (χ4v) is 4.02. The molecular weight excluding hydrogens is 326 g/mol. The lowest BCUT2D eigenvalue weighted by Crippen LogP contribution is -2.27. The monoisotopic (exact) mass is 343 g/mol. The molecular formula is C15H19BrClNO. The summed E-state index contributed by atoms with van der Waals surface area (Å²) < 4.78 is 7.29. The van der Waals surface area contributed by atoms with E-state index in [2.05, 4.69) is 21.2 Å². The zero-order valence-electron chi connectivity index (χ0n) is 10.9. The summed E-state index contributed by atoms with van der Waals surface area (Å²) in [6.07, 6.45) is 7.90. The minimum absolute atomic E-state index is 0.218. The van der Waals surface area contributed by atoms with Gasteiger partial charge in [0.25, 0.3) is 0 Å². The summed E-state index contributed by atoms with van der Waals surface area (Å²) >= 11 is 9.62. The van der Waals surface area contributed by atoms with E-state index in [0.29, 0.717) is 6.10 Å². The Hall–Kier alpha value is -0.250. The van der Waals surface area contributed by atoms with Crippen molar-refractivity contribution < 1.29 is 4.74 Å². The first kappa shape index (κ1) is 13.7. The molecule has 1 aromatic carbocycles. The van der Waals surface area contributed by atoms with Gasteiger partial charge < -0.3 is 10.1 Å². The average Bonchev–Trinajstić information content (AvgIpc) is 2.99. The van der Waals surface area contributed by atoms with E-state index in [1.165, 1.54) is 38.5 Å². The molecule has 1 atom stereocenters. The lowest BCUT2D eigenvalue weighted by atomic mass is 9.98. The SMILES string of the molecule is Clc1cc(Br)ccc1NCC1CCC2(CCCC2)O1. The fourth-order valence-electron chi connectivity index (χ4n) is 3.28. The minimum Gasteiger partial charge on any atom is -0.381 e. The van der Waals surface area contributed by atoms with Gasteiger partial charge in [-0.1, -0.05) is 40.4 Å². The Labute approximate surface area is 128 Å². The summed E-state index contributed by atoms with van der Waals surface area (Å²) in [7, 11) is 0. The molecule has 3 rings (SSSR count). The van der Waals surface area contributed by atoms with Crippen molar-refractivity contribution in [3.8, 4) is 0 Å². The zero-order valence-corrected chi connectivity index (χ0v) is 13.3. The normalized spacial score (nSPS) is 25.1. The molecule has 0 bridgehead atoms. The predicted molar refractivity (Wildman–Crippen MR) is 82.9 cm³/mol. The number of benzene rings is 1. The van der Waals surface area contributed by atoms with Gasteiger partial charge in [0.2, 0.25) is 0 Å². The third-order valence-electron chi connectivity index (χ3n) is 4.30. The highest BCUT2D eigenvalue weighted by Crippen LogP contribution is 2.43. The van der Waals surface area contributed by atoms with Crippen molar-refractivity contribution in [1.29, 1.82) is 0 Å². The molecule has 4 heteroatoms. The van der Waals surface area contributed by atoms with Crippen molar-refractivity contribution in [3.05, 3.63) is 27.7 Å². The Bertz CT molecular complexity index is 459. The maximum absolute atomic E-state index is 6.28. The number of nitrogens with one attached hydrogen (secondary N) is 1. The van der Waals surface area contributed by atoms with E-state index in [4.69, 9.17) is 16.3 Å². The van der Waals surface area contributed by atoms with Crippen LogP contribution in [0.3, 0.4) is 0 Å². The Morgan fingerprint density at radius 3 is 2.84 bits per heavy atom. The van der Waals surface area contributed by atoms with Gasteiger partial charge in [0.1, 0.15) is 0 Å². The van der Waals surface area contributed by atoms with E-state index in [9.17, 15) is 0 Å². The number of anilines is 1. The van der Waals surface area contributed by atoms with Gasteiger partial charge in [0, 0.05) is 11.0 Å². The van der Waals surface area contributed by atoms with E-state index < -0.39 is 0 Å². The molecule has 2 aliphatic rings. The second-order valence-corrected chi connectivity index (χ2v) is 7.00. The largest absolute Gasteiger partial charge is 0.381 e. The van der Waals surface area contributed by atoms with Gasteiger partial charge in [-0.05, 0) is 43.9 Å². The number of halogens is 2. The highest BCUT2D eigenvalue weighted by atomic mass is 79.9. The molecule has 1 N–H and O–H groups in total. The van der Waals surface area contributed by atoms with Crippen LogP contribution in [-0.4, -0.2) is 18.2 Å². The fraction of sp³-hybridized carbons (Fsp3) is 0.600. The van der Waals surface area contributed by atoms with Crippen LogP contribution in [0.15, 0.2) is 22.7 Å². The lowest BCUT2D eigenvalue weighted by molar-refractivity contribution is -0.0307. The van der Waals surface area contributed by atoms with E-state index >= 15 is 0 Å². The summed E-state index contributed by atoms with van der Waals surface area (Å²) in [5.74, 6) is 0. The second kappa shape index (κ2) is 5.63. The summed E-state index contributed by atoms with van der Waals surface area (Å²) in [6, 6.07) is 5.92. The minimum atomic E-state index is 0.218. The molecule has 1 aliphatic carbocycles. The Morgan fingerprint density at radius 1 is 1.32 bits per heavy atom. The summed E-state index contributed by atoms with van der Waals surface area (Å²) in [4.78, 5) is 0. The topological polar surface area (TPSA) is 21.3 Å². The van der Waals surface area contributed by atoms with Crippen molar-refractivity contribution >= 4 is 33.2 Å². The highest BCUT2D eigenvalue weighted by Gasteiger charge is 2.41. The number of hydrogen-bond acceptors (Lipinski definition) is 2. The van der Waals surface area contributed by atoms with E-state index in [0.717, 1.165) is 21.7 Å². The van der Waals surface area contributed by atoms with Gasteiger partial charge in [-0.2, -0.15) is 0 Å². The second-order valence-electron chi connectivity index (χ2n) is 5.67. The molecule has 1 aliphatic heterocycles. The van der Waals surface area contributed by atoms with Crippen molar-refractivity contribution in [2.24, 2.45) is 0 Å². The molecule has 1 spiro atoms. The molecule has 1 aromatic rings. The lowest BCUT2D eigenvalue weighted by Gasteiger charge is -2.24. The number of ether oxygens (including phenoxy) is 1. The highest BCUT2D eigenvalue weighted by molar-refractivity contribution is 9.10. The van der Waals surface area contributed by atoms with Crippen LogP contribution < -0.4 is 5.32 Å². The summed E-state index contributed by atoms with van der Waals surface area (Å²) in [5, 5.41) is 4.16. The first-order valence-electron chi connectivity index (χ1n) is 7.04. The third-order valence-corrected chi connectivity index (χ3v) is 5.11.